The molecule has 1 fully saturated rings. The van der Waals surface area contributed by atoms with Gasteiger partial charge in [0.25, 0.3) is 11.1 Å². The first kappa shape index (κ1) is 26.6. The van der Waals surface area contributed by atoms with Gasteiger partial charge in [0.15, 0.2) is 0 Å². The van der Waals surface area contributed by atoms with Gasteiger partial charge in [-0.15, -0.1) is 0 Å². The first-order valence-electron chi connectivity index (χ1n) is 13.0. The summed E-state index contributed by atoms with van der Waals surface area (Å²) in [5, 5.41) is 1.92. The lowest BCUT2D eigenvalue weighted by molar-refractivity contribution is -0.123. The molecule has 0 bridgehead atoms. The molecule has 6 heteroatoms. The van der Waals surface area contributed by atoms with E-state index in [1.165, 1.54) is 10.5 Å². The third kappa shape index (κ3) is 6.35. The smallest absolute Gasteiger partial charge is 0.293 e. The van der Waals surface area contributed by atoms with Crippen molar-refractivity contribution in [1.82, 2.24) is 4.90 Å². The number of thioether (sulfide) groups is 1. The summed E-state index contributed by atoms with van der Waals surface area (Å²) >= 11 is 0.955. The average Bonchev–Trinajstić information content (AvgIpc) is 3.19. The van der Waals surface area contributed by atoms with Gasteiger partial charge in [0.05, 0.1) is 11.4 Å². The van der Waals surface area contributed by atoms with Gasteiger partial charge < -0.3 is 9.47 Å². The SMILES string of the molecule is CC(C)(C)c1ccc(OCCOc2ccccc2/C=C2\SC(=O)N(Cc3ccc4ccccc4c3)C2=O)cc1. The normalized spacial score (nSPS) is 14.8. The van der Waals surface area contributed by atoms with E-state index in [2.05, 4.69) is 32.9 Å². The molecule has 1 aliphatic rings. The van der Waals surface area contributed by atoms with Crippen molar-refractivity contribution < 1.29 is 19.1 Å². The number of hydrogen-bond acceptors (Lipinski definition) is 5. The van der Waals surface area contributed by atoms with Crippen molar-refractivity contribution in [3.63, 3.8) is 0 Å². The van der Waals surface area contributed by atoms with E-state index in [-0.39, 0.29) is 23.1 Å². The molecule has 0 spiro atoms. The molecule has 5 rings (SSSR count). The molecule has 0 atom stereocenters. The van der Waals surface area contributed by atoms with Gasteiger partial charge in [0.2, 0.25) is 0 Å². The molecule has 5 nitrogen and oxygen atoms in total. The van der Waals surface area contributed by atoms with Gasteiger partial charge in [-0.2, -0.15) is 0 Å². The Hall–Kier alpha value is -4.03. The molecule has 4 aromatic rings. The number of ether oxygens (including phenoxy) is 2. The lowest BCUT2D eigenvalue weighted by Crippen LogP contribution is -2.27. The predicted octanol–water partition coefficient (Wildman–Crippen LogP) is 7.83. The molecule has 0 aromatic heterocycles. The van der Waals surface area contributed by atoms with Gasteiger partial charge in [-0.3, -0.25) is 14.5 Å². The maximum Gasteiger partial charge on any atom is 0.293 e. The van der Waals surface area contributed by atoms with Gasteiger partial charge in [0, 0.05) is 5.56 Å². The second kappa shape index (κ2) is 11.4. The Kier molecular flexibility index (Phi) is 7.75. The van der Waals surface area contributed by atoms with Crippen LogP contribution in [-0.4, -0.2) is 29.3 Å². The Labute approximate surface area is 233 Å². The number of carbonyl (C=O) groups is 2. The predicted molar refractivity (Wildman–Crippen MR) is 158 cm³/mol. The quantitative estimate of drug-likeness (QED) is 0.169. The Morgan fingerprint density at radius 1 is 0.795 bits per heavy atom. The van der Waals surface area contributed by atoms with Crippen molar-refractivity contribution in [2.45, 2.75) is 32.7 Å². The van der Waals surface area contributed by atoms with Crippen molar-refractivity contribution in [1.29, 1.82) is 0 Å². The van der Waals surface area contributed by atoms with Crippen LogP contribution in [0.25, 0.3) is 16.8 Å². The average molecular weight is 538 g/mol. The van der Waals surface area contributed by atoms with Crippen LogP contribution in [-0.2, 0) is 16.8 Å². The highest BCUT2D eigenvalue weighted by Crippen LogP contribution is 2.35. The van der Waals surface area contributed by atoms with Crippen LogP contribution >= 0.6 is 11.8 Å². The van der Waals surface area contributed by atoms with Crippen molar-refractivity contribution in [2.24, 2.45) is 0 Å². The minimum Gasteiger partial charge on any atom is -0.490 e. The summed E-state index contributed by atoms with van der Waals surface area (Å²) in [5.41, 5.74) is 3.00. The standard InChI is InChI=1S/C33H31NO4S/c1-33(2,3)27-14-16-28(17-15-27)37-18-19-38-29-11-7-6-10-26(29)21-30-31(35)34(32(36)39-30)22-23-12-13-24-8-4-5-9-25(24)20-23/h4-17,20-21H,18-19,22H2,1-3H3/b30-21-. The molecule has 0 unspecified atom stereocenters. The van der Waals surface area contributed by atoms with Crippen LogP contribution in [0.4, 0.5) is 4.79 Å². The number of para-hydroxylation sites is 1. The molecule has 1 aliphatic heterocycles. The highest BCUT2D eigenvalue weighted by atomic mass is 32.2. The largest absolute Gasteiger partial charge is 0.490 e. The molecule has 2 amide bonds. The number of amides is 2. The van der Waals surface area contributed by atoms with E-state index in [9.17, 15) is 9.59 Å². The third-order valence-electron chi connectivity index (χ3n) is 6.56. The summed E-state index contributed by atoms with van der Waals surface area (Å²) in [6.07, 6.45) is 1.73. The molecule has 1 saturated heterocycles. The summed E-state index contributed by atoms with van der Waals surface area (Å²) in [4.78, 5) is 27.6. The summed E-state index contributed by atoms with van der Waals surface area (Å²) in [5.74, 6) is 1.13. The van der Waals surface area contributed by atoms with Crippen LogP contribution in [0.3, 0.4) is 0 Å². The van der Waals surface area contributed by atoms with Gasteiger partial charge >= 0.3 is 0 Å². The Morgan fingerprint density at radius 3 is 2.26 bits per heavy atom. The Bertz CT molecular complexity index is 1540. The third-order valence-corrected chi connectivity index (χ3v) is 7.47. The number of hydrogen-bond donors (Lipinski definition) is 0. The summed E-state index contributed by atoms with van der Waals surface area (Å²) in [7, 11) is 0. The van der Waals surface area contributed by atoms with Crippen LogP contribution in [0.5, 0.6) is 11.5 Å². The van der Waals surface area contributed by atoms with E-state index < -0.39 is 0 Å². The van der Waals surface area contributed by atoms with Crippen LogP contribution in [0.15, 0.2) is 95.9 Å². The molecular weight excluding hydrogens is 506 g/mol. The van der Waals surface area contributed by atoms with Crippen LogP contribution in [0, 0.1) is 0 Å². The van der Waals surface area contributed by atoms with E-state index in [0.717, 1.165) is 39.4 Å². The Balaban J connectivity index is 1.21. The number of carbonyl (C=O) groups excluding carboxylic acids is 2. The first-order valence-corrected chi connectivity index (χ1v) is 13.8. The lowest BCUT2D eigenvalue weighted by Gasteiger charge is -2.19. The van der Waals surface area contributed by atoms with Crippen molar-refractivity contribution in [3.8, 4) is 11.5 Å². The van der Waals surface area contributed by atoms with E-state index in [1.54, 1.807) is 6.08 Å². The van der Waals surface area contributed by atoms with Crippen LogP contribution in [0.1, 0.15) is 37.5 Å². The molecule has 198 valence electrons. The topological polar surface area (TPSA) is 55.8 Å². The molecule has 0 radical (unpaired) electrons. The van der Waals surface area contributed by atoms with Crippen LogP contribution < -0.4 is 9.47 Å². The highest BCUT2D eigenvalue weighted by Gasteiger charge is 2.35. The monoisotopic (exact) mass is 537 g/mol. The second-order valence-corrected chi connectivity index (χ2v) is 11.5. The minimum absolute atomic E-state index is 0.0942. The maximum absolute atomic E-state index is 13.2. The Morgan fingerprint density at radius 2 is 1.49 bits per heavy atom. The van der Waals surface area contributed by atoms with Gasteiger partial charge in [-0.05, 0) is 69.4 Å². The zero-order chi connectivity index (χ0) is 27.4. The number of fused-ring (bicyclic) bond motifs is 1. The summed E-state index contributed by atoms with van der Waals surface area (Å²) < 4.78 is 11.8. The summed E-state index contributed by atoms with van der Waals surface area (Å²) in [6, 6.07) is 29.6. The number of rotatable bonds is 8. The fourth-order valence-electron chi connectivity index (χ4n) is 4.39. The van der Waals surface area contributed by atoms with Crippen molar-refractivity contribution >= 4 is 39.8 Å². The first-order chi connectivity index (χ1) is 18.8. The van der Waals surface area contributed by atoms with Crippen molar-refractivity contribution in [3.05, 3.63) is 113 Å². The molecule has 4 aromatic carbocycles. The van der Waals surface area contributed by atoms with E-state index in [1.807, 2.05) is 78.9 Å². The van der Waals surface area contributed by atoms with Gasteiger partial charge in [0.1, 0.15) is 24.7 Å². The number of nitrogens with zero attached hydrogens (tertiary/aromatic N) is 1. The fraction of sp³-hybridized carbons (Fsp3) is 0.212. The van der Waals surface area contributed by atoms with E-state index in [0.29, 0.717) is 23.9 Å². The summed E-state index contributed by atoms with van der Waals surface area (Å²) in [6.45, 7) is 7.50. The highest BCUT2D eigenvalue weighted by molar-refractivity contribution is 8.18. The molecule has 0 aliphatic carbocycles. The number of benzene rings is 4. The minimum atomic E-state index is -0.296. The zero-order valence-electron chi connectivity index (χ0n) is 22.3. The molecule has 1 heterocycles. The number of imide groups is 1. The van der Waals surface area contributed by atoms with Crippen molar-refractivity contribution in [2.75, 3.05) is 13.2 Å². The fourth-order valence-corrected chi connectivity index (χ4v) is 5.22. The molecule has 0 N–H and O–H groups in total. The zero-order valence-corrected chi connectivity index (χ0v) is 23.2. The maximum atomic E-state index is 13.2. The van der Waals surface area contributed by atoms with Gasteiger partial charge in [-0.25, -0.2) is 0 Å². The molecular formula is C33H31NO4S. The van der Waals surface area contributed by atoms with Crippen LogP contribution in [0.2, 0.25) is 0 Å². The molecule has 0 saturated carbocycles. The van der Waals surface area contributed by atoms with E-state index in [4.69, 9.17) is 9.47 Å². The van der Waals surface area contributed by atoms with E-state index >= 15 is 0 Å². The second-order valence-electron chi connectivity index (χ2n) is 10.5. The lowest BCUT2D eigenvalue weighted by atomic mass is 9.87. The molecule has 39 heavy (non-hydrogen) atoms. The van der Waals surface area contributed by atoms with Gasteiger partial charge in [-0.1, -0.05) is 87.5 Å².